The Bertz CT molecular complexity index is 1240. The van der Waals surface area contributed by atoms with Crippen LogP contribution < -0.4 is 9.46 Å². The van der Waals surface area contributed by atoms with Crippen molar-refractivity contribution in [3.63, 3.8) is 0 Å². The van der Waals surface area contributed by atoms with Crippen molar-refractivity contribution >= 4 is 33.0 Å². The number of rotatable bonds is 7. The molecule has 0 unspecified atom stereocenters. The first-order chi connectivity index (χ1) is 15.8. The van der Waals surface area contributed by atoms with Crippen LogP contribution in [0.1, 0.15) is 54.4 Å². The van der Waals surface area contributed by atoms with Crippen molar-refractivity contribution in [2.45, 2.75) is 42.7 Å². The summed E-state index contributed by atoms with van der Waals surface area (Å²) in [5, 5.41) is 9.13. The Morgan fingerprint density at radius 1 is 1.03 bits per heavy atom. The van der Waals surface area contributed by atoms with Crippen LogP contribution in [-0.4, -0.2) is 26.6 Å². The molecule has 1 aliphatic rings. The molecule has 3 aromatic rings. The predicted octanol–water partition coefficient (Wildman–Crippen LogP) is 6.22. The van der Waals surface area contributed by atoms with Crippen LogP contribution in [0, 0.1) is 5.92 Å². The van der Waals surface area contributed by atoms with Gasteiger partial charge in [-0.25, -0.2) is 13.2 Å². The van der Waals surface area contributed by atoms with Crippen LogP contribution in [0.3, 0.4) is 0 Å². The Labute approximate surface area is 198 Å². The standard InChI is InChI=1S/C25H27NO5S2/c1-16-3-5-17(6-4-16)18-7-9-19(10-8-18)23-13-14-24(32-23)33(29,30)26-21-12-11-20(25(27)28)15-22(21)31-2/h7-17,26H,3-6H2,1-2H3,(H,27,28). The van der Waals surface area contributed by atoms with Crippen molar-refractivity contribution in [3.8, 4) is 16.2 Å². The maximum Gasteiger partial charge on any atom is 0.335 e. The molecule has 0 radical (unpaired) electrons. The van der Waals surface area contributed by atoms with Crippen LogP contribution in [0.25, 0.3) is 10.4 Å². The average Bonchev–Trinajstić information content (AvgIpc) is 3.31. The molecular weight excluding hydrogens is 458 g/mol. The number of carboxylic acid groups (broad SMARTS) is 1. The van der Waals surface area contributed by atoms with E-state index in [1.165, 1.54) is 67.9 Å². The second kappa shape index (κ2) is 9.57. The molecule has 0 atom stereocenters. The molecule has 0 saturated heterocycles. The van der Waals surface area contributed by atoms with Gasteiger partial charge in [0.2, 0.25) is 0 Å². The van der Waals surface area contributed by atoms with Gasteiger partial charge >= 0.3 is 5.97 Å². The zero-order chi connectivity index (χ0) is 23.6. The van der Waals surface area contributed by atoms with Crippen molar-refractivity contribution in [3.05, 3.63) is 65.7 Å². The summed E-state index contributed by atoms with van der Waals surface area (Å²) in [6.45, 7) is 2.32. The van der Waals surface area contributed by atoms with E-state index in [-0.39, 0.29) is 21.2 Å². The summed E-state index contributed by atoms with van der Waals surface area (Å²) in [5.41, 5.74) is 2.54. The molecule has 0 bridgehead atoms. The third-order valence-corrected chi connectivity index (χ3v) is 9.21. The summed E-state index contributed by atoms with van der Waals surface area (Å²) in [5.74, 6) is 0.453. The van der Waals surface area contributed by atoms with Crippen molar-refractivity contribution in [2.24, 2.45) is 5.92 Å². The molecule has 4 rings (SSSR count). The summed E-state index contributed by atoms with van der Waals surface area (Å²) in [4.78, 5) is 12.0. The fraction of sp³-hybridized carbons (Fsp3) is 0.320. The molecule has 1 aliphatic carbocycles. The van der Waals surface area contributed by atoms with E-state index in [2.05, 4.69) is 35.9 Å². The predicted molar refractivity (Wildman–Crippen MR) is 131 cm³/mol. The van der Waals surface area contributed by atoms with E-state index >= 15 is 0 Å². The highest BCUT2D eigenvalue weighted by molar-refractivity contribution is 7.94. The van der Waals surface area contributed by atoms with E-state index in [1.807, 2.05) is 0 Å². The number of hydrogen-bond donors (Lipinski definition) is 2. The van der Waals surface area contributed by atoms with Gasteiger partial charge in [-0.1, -0.05) is 44.0 Å². The number of aromatic carboxylic acids is 1. The van der Waals surface area contributed by atoms with Gasteiger partial charge in [0.05, 0.1) is 18.4 Å². The zero-order valence-corrected chi connectivity index (χ0v) is 20.2. The summed E-state index contributed by atoms with van der Waals surface area (Å²) in [7, 11) is -2.49. The molecule has 0 aliphatic heterocycles. The van der Waals surface area contributed by atoms with Crippen LogP contribution >= 0.6 is 11.3 Å². The minimum Gasteiger partial charge on any atom is -0.495 e. The first-order valence-corrected chi connectivity index (χ1v) is 13.2. The third kappa shape index (κ3) is 5.23. The lowest BCUT2D eigenvalue weighted by molar-refractivity contribution is 0.0696. The third-order valence-electron chi connectivity index (χ3n) is 6.22. The zero-order valence-electron chi connectivity index (χ0n) is 18.6. The van der Waals surface area contributed by atoms with E-state index in [0.717, 1.165) is 16.4 Å². The van der Waals surface area contributed by atoms with Gasteiger partial charge in [0, 0.05) is 4.88 Å². The first kappa shape index (κ1) is 23.3. The fourth-order valence-electron chi connectivity index (χ4n) is 4.24. The number of sulfonamides is 1. The second-order valence-electron chi connectivity index (χ2n) is 8.52. The molecule has 2 N–H and O–H groups in total. The largest absolute Gasteiger partial charge is 0.495 e. The second-order valence-corrected chi connectivity index (χ2v) is 11.5. The van der Waals surface area contributed by atoms with E-state index in [0.29, 0.717) is 5.92 Å². The number of methoxy groups -OCH3 is 1. The first-order valence-electron chi connectivity index (χ1n) is 10.9. The van der Waals surface area contributed by atoms with Gasteiger partial charge in [-0.2, -0.15) is 0 Å². The molecule has 0 amide bonds. The molecule has 1 saturated carbocycles. The Balaban J connectivity index is 1.51. The molecule has 174 valence electrons. The number of carboxylic acids is 1. The Hall–Kier alpha value is -2.84. The fourth-order valence-corrected chi connectivity index (χ4v) is 6.62. The summed E-state index contributed by atoms with van der Waals surface area (Å²) in [6, 6.07) is 15.9. The number of hydrogen-bond acceptors (Lipinski definition) is 5. The minimum atomic E-state index is -3.86. The summed E-state index contributed by atoms with van der Waals surface area (Å²) < 4.78 is 33.7. The molecular formula is C25H27NO5S2. The van der Waals surface area contributed by atoms with Gasteiger partial charge in [-0.05, 0) is 66.1 Å². The van der Waals surface area contributed by atoms with Gasteiger partial charge in [-0.3, -0.25) is 4.72 Å². The highest BCUT2D eigenvalue weighted by Crippen LogP contribution is 2.38. The Morgan fingerprint density at radius 2 is 1.73 bits per heavy atom. The van der Waals surface area contributed by atoms with Gasteiger partial charge in [0.25, 0.3) is 10.0 Å². The number of ether oxygens (including phenoxy) is 1. The van der Waals surface area contributed by atoms with E-state index in [1.54, 1.807) is 12.1 Å². The van der Waals surface area contributed by atoms with Crippen molar-refractivity contribution < 1.29 is 23.1 Å². The summed E-state index contributed by atoms with van der Waals surface area (Å²) >= 11 is 1.19. The van der Waals surface area contributed by atoms with Gasteiger partial charge in [0.15, 0.2) is 0 Å². The van der Waals surface area contributed by atoms with Crippen molar-refractivity contribution in [2.75, 3.05) is 11.8 Å². The topological polar surface area (TPSA) is 92.7 Å². The van der Waals surface area contributed by atoms with Gasteiger partial charge < -0.3 is 9.84 Å². The lowest BCUT2D eigenvalue weighted by Crippen LogP contribution is -2.12. The number of benzene rings is 2. The molecule has 33 heavy (non-hydrogen) atoms. The van der Waals surface area contributed by atoms with Crippen molar-refractivity contribution in [1.82, 2.24) is 0 Å². The number of carbonyl (C=O) groups is 1. The molecule has 8 heteroatoms. The van der Waals surface area contributed by atoms with E-state index in [4.69, 9.17) is 9.84 Å². The number of nitrogens with one attached hydrogen (secondary N) is 1. The van der Waals surface area contributed by atoms with Gasteiger partial charge in [-0.15, -0.1) is 11.3 Å². The molecule has 6 nitrogen and oxygen atoms in total. The van der Waals surface area contributed by atoms with Crippen LogP contribution in [0.4, 0.5) is 5.69 Å². The Morgan fingerprint density at radius 3 is 2.36 bits per heavy atom. The molecule has 1 aromatic heterocycles. The quantitative estimate of drug-likeness (QED) is 0.415. The smallest absolute Gasteiger partial charge is 0.335 e. The highest BCUT2D eigenvalue weighted by atomic mass is 32.2. The lowest BCUT2D eigenvalue weighted by Gasteiger charge is -2.26. The van der Waals surface area contributed by atoms with Crippen LogP contribution in [0.2, 0.25) is 0 Å². The maximum atomic E-state index is 12.9. The Kier molecular flexibility index (Phi) is 6.76. The van der Waals surface area contributed by atoms with Crippen LogP contribution in [0.15, 0.2) is 58.8 Å². The molecule has 1 fully saturated rings. The monoisotopic (exact) mass is 485 g/mol. The summed E-state index contributed by atoms with van der Waals surface area (Å²) in [6.07, 6.45) is 5.00. The van der Waals surface area contributed by atoms with Crippen LogP contribution in [0.5, 0.6) is 5.75 Å². The molecule has 0 spiro atoms. The van der Waals surface area contributed by atoms with E-state index in [9.17, 15) is 13.2 Å². The average molecular weight is 486 g/mol. The highest BCUT2D eigenvalue weighted by Gasteiger charge is 2.22. The number of anilines is 1. The normalized spacial score (nSPS) is 18.6. The molecule has 2 aromatic carbocycles. The van der Waals surface area contributed by atoms with Crippen molar-refractivity contribution in [1.29, 1.82) is 0 Å². The molecule has 1 heterocycles. The SMILES string of the molecule is COc1cc(C(=O)O)ccc1NS(=O)(=O)c1ccc(-c2ccc(C3CCC(C)CC3)cc2)s1. The van der Waals surface area contributed by atoms with E-state index < -0.39 is 16.0 Å². The number of thiophene rings is 1. The maximum absolute atomic E-state index is 12.9. The minimum absolute atomic E-state index is 0.0133. The van der Waals surface area contributed by atoms with Crippen LogP contribution in [-0.2, 0) is 10.0 Å². The lowest BCUT2D eigenvalue weighted by atomic mass is 9.79. The van der Waals surface area contributed by atoms with Gasteiger partial charge in [0.1, 0.15) is 9.96 Å².